The first-order chi connectivity index (χ1) is 6.69. The van der Waals surface area contributed by atoms with Crippen molar-refractivity contribution in [3.05, 3.63) is 41.5 Å². The van der Waals surface area contributed by atoms with E-state index in [0.29, 0.717) is 5.82 Å². The van der Waals surface area contributed by atoms with E-state index in [4.69, 9.17) is 5.73 Å². The number of aryl methyl sites for hydroxylation is 1. The van der Waals surface area contributed by atoms with Crippen LogP contribution in [0.1, 0.15) is 18.1 Å². The van der Waals surface area contributed by atoms with E-state index in [2.05, 4.69) is 11.6 Å². The average Bonchev–Trinajstić information content (AvgIpc) is 2.19. The van der Waals surface area contributed by atoms with E-state index in [1.54, 1.807) is 23.4 Å². The number of nitrogens with two attached hydrogens (primary N) is 1. The summed E-state index contributed by atoms with van der Waals surface area (Å²) >= 11 is 1.59. The van der Waals surface area contributed by atoms with E-state index in [1.807, 2.05) is 26.0 Å². The lowest BCUT2D eigenvalue weighted by molar-refractivity contribution is 1.27. The van der Waals surface area contributed by atoms with Crippen LogP contribution in [-0.4, -0.2) is 4.98 Å². The zero-order chi connectivity index (χ0) is 10.6. The fourth-order valence-electron chi connectivity index (χ4n) is 1.11. The first kappa shape index (κ1) is 10.9. The maximum absolute atomic E-state index is 5.65. The summed E-state index contributed by atoms with van der Waals surface area (Å²) in [6.45, 7) is 7.64. The molecule has 0 atom stereocenters. The molecule has 74 valence electrons. The minimum atomic E-state index is 0.591. The zero-order valence-electron chi connectivity index (χ0n) is 8.45. The predicted molar refractivity (Wildman–Crippen MR) is 64.8 cm³/mol. The number of hydrogen-bond donors (Lipinski definition) is 1. The molecule has 14 heavy (non-hydrogen) atoms. The van der Waals surface area contributed by atoms with Crippen LogP contribution in [0.4, 0.5) is 5.82 Å². The highest BCUT2D eigenvalue weighted by Gasteiger charge is 2.02. The second-order valence-corrected chi connectivity index (χ2v) is 3.87. The summed E-state index contributed by atoms with van der Waals surface area (Å²) in [4.78, 5) is 5.27. The van der Waals surface area contributed by atoms with E-state index in [0.717, 1.165) is 16.0 Å². The summed E-state index contributed by atoms with van der Waals surface area (Å²) in [5.74, 6) is 0.591. The topological polar surface area (TPSA) is 38.9 Å². The molecular weight excluding hydrogens is 192 g/mol. The number of anilines is 1. The van der Waals surface area contributed by atoms with Crippen LogP contribution >= 0.6 is 11.8 Å². The molecule has 0 fully saturated rings. The summed E-state index contributed by atoms with van der Waals surface area (Å²) in [7, 11) is 0. The SMILES string of the molecule is C=CS/C(=C/C)c1cnc(N)c(C)c1. The van der Waals surface area contributed by atoms with Crippen LogP contribution in [0.3, 0.4) is 0 Å². The van der Waals surface area contributed by atoms with Gasteiger partial charge in [0.05, 0.1) is 0 Å². The van der Waals surface area contributed by atoms with Gasteiger partial charge in [-0.2, -0.15) is 0 Å². The van der Waals surface area contributed by atoms with Gasteiger partial charge in [-0.05, 0) is 30.9 Å². The lowest BCUT2D eigenvalue weighted by Gasteiger charge is -2.05. The molecule has 0 radical (unpaired) electrons. The predicted octanol–water partition coefficient (Wildman–Crippen LogP) is 3.21. The number of rotatable bonds is 3. The smallest absolute Gasteiger partial charge is 0.126 e. The Morgan fingerprint density at radius 3 is 2.86 bits per heavy atom. The molecule has 0 aliphatic carbocycles. The van der Waals surface area contributed by atoms with Gasteiger partial charge < -0.3 is 5.73 Å². The number of aromatic nitrogens is 1. The maximum Gasteiger partial charge on any atom is 0.126 e. The molecule has 3 heteroatoms. The van der Waals surface area contributed by atoms with Crippen molar-refractivity contribution in [1.29, 1.82) is 0 Å². The molecule has 0 bridgehead atoms. The molecule has 1 aromatic heterocycles. The quantitative estimate of drug-likeness (QED) is 0.825. The van der Waals surface area contributed by atoms with E-state index < -0.39 is 0 Å². The van der Waals surface area contributed by atoms with Gasteiger partial charge in [-0.3, -0.25) is 0 Å². The minimum Gasteiger partial charge on any atom is -0.383 e. The third-order valence-corrected chi connectivity index (χ3v) is 2.77. The molecule has 0 unspecified atom stereocenters. The van der Waals surface area contributed by atoms with Crippen LogP contribution in [0.15, 0.2) is 30.3 Å². The molecule has 2 N–H and O–H groups in total. The molecule has 1 rings (SSSR count). The van der Waals surface area contributed by atoms with Gasteiger partial charge in [0.2, 0.25) is 0 Å². The molecule has 1 aromatic rings. The molecule has 2 nitrogen and oxygen atoms in total. The average molecular weight is 206 g/mol. The maximum atomic E-state index is 5.65. The van der Waals surface area contributed by atoms with Gasteiger partial charge in [0.15, 0.2) is 0 Å². The Morgan fingerprint density at radius 1 is 1.64 bits per heavy atom. The Kier molecular flexibility index (Phi) is 3.77. The monoisotopic (exact) mass is 206 g/mol. The Bertz CT molecular complexity index is 370. The number of pyridine rings is 1. The van der Waals surface area contributed by atoms with Crippen LogP contribution in [0, 0.1) is 6.92 Å². The largest absolute Gasteiger partial charge is 0.383 e. The molecule has 0 amide bonds. The molecule has 0 aliphatic rings. The van der Waals surface area contributed by atoms with E-state index in [9.17, 15) is 0 Å². The summed E-state index contributed by atoms with van der Waals surface area (Å²) in [5, 5.41) is 1.81. The van der Waals surface area contributed by atoms with Gasteiger partial charge in [0, 0.05) is 16.7 Å². The van der Waals surface area contributed by atoms with Crippen LogP contribution in [0.5, 0.6) is 0 Å². The van der Waals surface area contributed by atoms with Gasteiger partial charge in [-0.15, -0.1) is 0 Å². The number of allylic oxidation sites excluding steroid dienone is 1. The van der Waals surface area contributed by atoms with Crippen molar-refractivity contribution in [3.8, 4) is 0 Å². The normalized spacial score (nSPS) is 11.4. The highest BCUT2D eigenvalue weighted by Crippen LogP contribution is 2.28. The van der Waals surface area contributed by atoms with Crippen LogP contribution in [-0.2, 0) is 0 Å². The van der Waals surface area contributed by atoms with Crippen LogP contribution < -0.4 is 5.73 Å². The fraction of sp³-hybridized carbons (Fsp3) is 0.182. The number of thioether (sulfide) groups is 1. The summed E-state index contributed by atoms with van der Waals surface area (Å²) in [5.41, 5.74) is 7.74. The second kappa shape index (κ2) is 4.86. The van der Waals surface area contributed by atoms with Crippen molar-refractivity contribution in [1.82, 2.24) is 4.98 Å². The number of hydrogen-bond acceptors (Lipinski definition) is 3. The third-order valence-electron chi connectivity index (χ3n) is 1.88. The Hall–Kier alpha value is -1.22. The van der Waals surface area contributed by atoms with E-state index >= 15 is 0 Å². The highest BCUT2D eigenvalue weighted by atomic mass is 32.2. The van der Waals surface area contributed by atoms with Gasteiger partial charge in [-0.25, -0.2) is 4.98 Å². The lowest BCUT2D eigenvalue weighted by atomic mass is 10.2. The van der Waals surface area contributed by atoms with Crippen LogP contribution in [0.2, 0.25) is 0 Å². The standard InChI is InChI=1S/C11H14N2S/c1-4-10(14-5-2)9-6-8(3)11(12)13-7-9/h4-7H,2H2,1,3H3,(H2,12,13)/b10-4+. The molecule has 0 spiro atoms. The van der Waals surface area contributed by atoms with Gasteiger partial charge in [-0.1, -0.05) is 24.4 Å². The number of nitrogen functional groups attached to an aromatic ring is 1. The van der Waals surface area contributed by atoms with Gasteiger partial charge >= 0.3 is 0 Å². The first-order valence-electron chi connectivity index (χ1n) is 4.35. The summed E-state index contributed by atoms with van der Waals surface area (Å²) < 4.78 is 0. The Morgan fingerprint density at radius 2 is 2.36 bits per heavy atom. The molecule has 0 aromatic carbocycles. The van der Waals surface area contributed by atoms with Crippen molar-refractivity contribution < 1.29 is 0 Å². The fourth-order valence-corrected chi connectivity index (χ4v) is 1.68. The van der Waals surface area contributed by atoms with Crippen molar-refractivity contribution in [3.63, 3.8) is 0 Å². The molecule has 1 heterocycles. The van der Waals surface area contributed by atoms with Crippen molar-refractivity contribution in [2.24, 2.45) is 0 Å². The third kappa shape index (κ3) is 2.39. The minimum absolute atomic E-state index is 0.591. The molecule has 0 saturated heterocycles. The first-order valence-corrected chi connectivity index (χ1v) is 5.23. The molecule has 0 saturated carbocycles. The highest BCUT2D eigenvalue weighted by molar-refractivity contribution is 8.10. The Labute approximate surface area is 88.9 Å². The van der Waals surface area contributed by atoms with Crippen LogP contribution in [0.25, 0.3) is 4.91 Å². The zero-order valence-corrected chi connectivity index (χ0v) is 9.27. The van der Waals surface area contributed by atoms with Gasteiger partial charge in [0.1, 0.15) is 5.82 Å². The summed E-state index contributed by atoms with van der Waals surface area (Å²) in [6.07, 6.45) is 3.83. The van der Waals surface area contributed by atoms with Crippen molar-refractivity contribution in [2.45, 2.75) is 13.8 Å². The van der Waals surface area contributed by atoms with E-state index in [1.165, 1.54) is 0 Å². The van der Waals surface area contributed by atoms with E-state index in [-0.39, 0.29) is 0 Å². The molecule has 0 aliphatic heterocycles. The second-order valence-electron chi connectivity index (χ2n) is 2.86. The summed E-state index contributed by atoms with van der Waals surface area (Å²) in [6, 6.07) is 2.04. The van der Waals surface area contributed by atoms with Crippen molar-refractivity contribution in [2.75, 3.05) is 5.73 Å². The van der Waals surface area contributed by atoms with Gasteiger partial charge in [0.25, 0.3) is 0 Å². The molecular formula is C11H14N2S. The van der Waals surface area contributed by atoms with Crippen molar-refractivity contribution >= 4 is 22.5 Å². The number of nitrogens with zero attached hydrogens (tertiary/aromatic N) is 1. The Balaban J connectivity index is 3.06. The lowest BCUT2D eigenvalue weighted by Crippen LogP contribution is -1.94.